The summed E-state index contributed by atoms with van der Waals surface area (Å²) in [4.78, 5) is 12.6. The number of halogens is 2. The van der Waals surface area contributed by atoms with Crippen molar-refractivity contribution in [1.29, 1.82) is 0 Å². The van der Waals surface area contributed by atoms with Crippen LogP contribution in [0.2, 0.25) is 5.02 Å². The van der Waals surface area contributed by atoms with Crippen LogP contribution in [0.15, 0.2) is 69.5 Å². The molecular formula is C19H17BrClNO4S. The molecule has 5 nitrogen and oxygen atoms in total. The van der Waals surface area contributed by atoms with Crippen molar-refractivity contribution in [3.05, 3.63) is 75.2 Å². The highest BCUT2D eigenvalue weighted by Crippen LogP contribution is 2.38. The number of sulfonamides is 1. The van der Waals surface area contributed by atoms with Crippen molar-refractivity contribution >= 4 is 43.5 Å². The molecule has 1 atom stereocenters. The zero-order valence-electron chi connectivity index (χ0n) is 14.4. The number of esters is 1. The van der Waals surface area contributed by atoms with Crippen LogP contribution < -0.4 is 0 Å². The zero-order valence-corrected chi connectivity index (χ0v) is 17.6. The summed E-state index contributed by atoms with van der Waals surface area (Å²) in [7, 11) is -3.82. The molecule has 0 aromatic heterocycles. The Morgan fingerprint density at radius 3 is 2.41 bits per heavy atom. The van der Waals surface area contributed by atoms with Crippen molar-refractivity contribution in [2.75, 3.05) is 13.2 Å². The summed E-state index contributed by atoms with van der Waals surface area (Å²) in [5, 5.41) is 0.528. The summed E-state index contributed by atoms with van der Waals surface area (Å²) in [6, 6.07) is 12.4. The van der Waals surface area contributed by atoms with Crippen molar-refractivity contribution in [2.45, 2.75) is 17.9 Å². The second-order valence-corrected chi connectivity index (χ2v) is 9.11. The summed E-state index contributed by atoms with van der Waals surface area (Å²) in [5.74, 6) is -0.522. The number of rotatable bonds is 5. The fraction of sp³-hybridized carbons (Fsp3) is 0.211. The van der Waals surface area contributed by atoms with E-state index in [2.05, 4.69) is 15.9 Å². The molecule has 0 saturated carbocycles. The lowest BCUT2D eigenvalue weighted by molar-refractivity contribution is -0.138. The lowest BCUT2D eigenvalue weighted by Crippen LogP contribution is -2.33. The molecule has 1 aliphatic heterocycles. The summed E-state index contributed by atoms with van der Waals surface area (Å²) < 4.78 is 33.6. The maximum atomic E-state index is 13.2. The molecule has 0 spiro atoms. The van der Waals surface area contributed by atoms with E-state index in [1.54, 1.807) is 49.4 Å². The summed E-state index contributed by atoms with van der Waals surface area (Å²) in [6.45, 7) is 2.00. The third-order valence-corrected chi connectivity index (χ3v) is 6.82. The molecule has 0 bridgehead atoms. The Labute approximate surface area is 171 Å². The lowest BCUT2D eigenvalue weighted by Gasteiger charge is -2.26. The monoisotopic (exact) mass is 469 g/mol. The Balaban J connectivity index is 2.05. The summed E-state index contributed by atoms with van der Waals surface area (Å²) in [6.07, 6.45) is 1.60. The van der Waals surface area contributed by atoms with Gasteiger partial charge in [-0.3, -0.25) is 0 Å². The van der Waals surface area contributed by atoms with Crippen LogP contribution in [0, 0.1) is 0 Å². The van der Waals surface area contributed by atoms with Crippen LogP contribution in [-0.4, -0.2) is 31.8 Å². The maximum absolute atomic E-state index is 13.2. The molecule has 0 saturated heterocycles. The number of hydrogen-bond acceptors (Lipinski definition) is 4. The molecule has 142 valence electrons. The van der Waals surface area contributed by atoms with E-state index in [1.807, 2.05) is 0 Å². The Bertz CT molecular complexity index is 972. The molecule has 3 rings (SSSR count). The first-order valence-corrected chi connectivity index (χ1v) is 10.9. The van der Waals surface area contributed by atoms with Crippen LogP contribution in [0.5, 0.6) is 0 Å². The van der Waals surface area contributed by atoms with Gasteiger partial charge in [0.1, 0.15) is 0 Å². The number of carbonyl (C=O) groups excluding carboxylic acids is 1. The highest BCUT2D eigenvalue weighted by molar-refractivity contribution is 9.10. The van der Waals surface area contributed by atoms with Gasteiger partial charge in [0.05, 0.1) is 23.1 Å². The fourth-order valence-electron chi connectivity index (χ4n) is 2.94. The van der Waals surface area contributed by atoms with E-state index in [0.717, 1.165) is 4.47 Å². The minimum atomic E-state index is -3.82. The van der Waals surface area contributed by atoms with E-state index in [1.165, 1.54) is 16.4 Å². The Morgan fingerprint density at radius 2 is 1.81 bits per heavy atom. The molecule has 2 aromatic rings. The number of ether oxygens (including phenoxy) is 1. The Hall–Kier alpha value is -1.67. The van der Waals surface area contributed by atoms with Crippen molar-refractivity contribution in [2.24, 2.45) is 0 Å². The standard InChI is InChI=1S/C19H17BrClNO4S/c1-2-26-19(23)17-11-12-22(18(17)13-3-7-15(21)8-4-13)27(24,25)16-9-5-14(20)6-10-16/h3-11,18H,2,12H2,1H3. The molecule has 8 heteroatoms. The summed E-state index contributed by atoms with van der Waals surface area (Å²) >= 11 is 9.27. The van der Waals surface area contributed by atoms with Gasteiger partial charge in [0, 0.05) is 16.0 Å². The predicted octanol–water partition coefficient (Wildman–Crippen LogP) is 4.34. The second kappa shape index (κ2) is 8.14. The van der Waals surface area contributed by atoms with Gasteiger partial charge in [0.2, 0.25) is 10.0 Å². The lowest BCUT2D eigenvalue weighted by atomic mass is 10.0. The van der Waals surface area contributed by atoms with Gasteiger partial charge in [-0.25, -0.2) is 13.2 Å². The van der Waals surface area contributed by atoms with Crippen LogP contribution in [-0.2, 0) is 19.6 Å². The van der Waals surface area contributed by atoms with E-state index in [-0.39, 0.29) is 18.0 Å². The van der Waals surface area contributed by atoms with Gasteiger partial charge >= 0.3 is 5.97 Å². The third-order valence-electron chi connectivity index (χ3n) is 4.19. The van der Waals surface area contributed by atoms with Gasteiger partial charge in [-0.1, -0.05) is 45.7 Å². The van der Waals surface area contributed by atoms with Crippen molar-refractivity contribution in [3.63, 3.8) is 0 Å². The minimum absolute atomic E-state index is 0.0832. The summed E-state index contributed by atoms with van der Waals surface area (Å²) in [5.41, 5.74) is 0.955. The molecule has 0 fully saturated rings. The normalized spacial score (nSPS) is 17.6. The first kappa shape index (κ1) is 20.1. The van der Waals surface area contributed by atoms with Crippen molar-refractivity contribution < 1.29 is 17.9 Å². The van der Waals surface area contributed by atoms with Gasteiger partial charge in [-0.2, -0.15) is 4.31 Å². The third kappa shape index (κ3) is 4.11. The van der Waals surface area contributed by atoms with E-state index < -0.39 is 22.0 Å². The molecule has 1 aliphatic rings. The SMILES string of the molecule is CCOC(=O)C1=CCN(S(=O)(=O)c2ccc(Br)cc2)C1c1ccc(Cl)cc1. The van der Waals surface area contributed by atoms with Crippen molar-refractivity contribution in [1.82, 2.24) is 4.31 Å². The van der Waals surface area contributed by atoms with Crippen LogP contribution in [0.4, 0.5) is 0 Å². The molecule has 0 aliphatic carbocycles. The van der Waals surface area contributed by atoms with E-state index in [9.17, 15) is 13.2 Å². The fourth-order valence-corrected chi connectivity index (χ4v) is 4.86. The van der Waals surface area contributed by atoms with Gasteiger partial charge in [0.25, 0.3) is 0 Å². The molecule has 1 heterocycles. The average molecular weight is 471 g/mol. The number of nitrogens with zero attached hydrogens (tertiary/aromatic N) is 1. The maximum Gasteiger partial charge on any atom is 0.335 e. The smallest absolute Gasteiger partial charge is 0.335 e. The van der Waals surface area contributed by atoms with Gasteiger partial charge in [-0.05, 0) is 48.9 Å². The molecule has 1 unspecified atom stereocenters. The molecular weight excluding hydrogens is 454 g/mol. The van der Waals surface area contributed by atoms with Gasteiger partial charge in [-0.15, -0.1) is 0 Å². The highest BCUT2D eigenvalue weighted by Gasteiger charge is 2.40. The average Bonchev–Trinajstić information content (AvgIpc) is 3.09. The minimum Gasteiger partial charge on any atom is -0.463 e. The quantitative estimate of drug-likeness (QED) is 0.610. The van der Waals surface area contributed by atoms with E-state index in [4.69, 9.17) is 16.3 Å². The molecule has 0 amide bonds. The number of benzene rings is 2. The van der Waals surface area contributed by atoms with Crippen LogP contribution in [0.25, 0.3) is 0 Å². The van der Waals surface area contributed by atoms with Crippen LogP contribution >= 0.6 is 27.5 Å². The second-order valence-electron chi connectivity index (χ2n) is 5.86. The number of hydrogen-bond donors (Lipinski definition) is 0. The molecule has 0 N–H and O–H groups in total. The molecule has 2 aromatic carbocycles. The zero-order chi connectivity index (χ0) is 19.6. The first-order chi connectivity index (χ1) is 12.8. The van der Waals surface area contributed by atoms with Gasteiger partial charge < -0.3 is 4.74 Å². The Morgan fingerprint density at radius 1 is 1.19 bits per heavy atom. The Kier molecular flexibility index (Phi) is 6.05. The predicted molar refractivity (Wildman–Crippen MR) is 107 cm³/mol. The number of carbonyl (C=O) groups is 1. The topological polar surface area (TPSA) is 63.7 Å². The molecule has 27 heavy (non-hydrogen) atoms. The van der Waals surface area contributed by atoms with Crippen LogP contribution in [0.1, 0.15) is 18.5 Å². The molecule has 0 radical (unpaired) electrons. The van der Waals surface area contributed by atoms with Crippen LogP contribution in [0.3, 0.4) is 0 Å². The van der Waals surface area contributed by atoms with E-state index >= 15 is 0 Å². The largest absolute Gasteiger partial charge is 0.463 e. The first-order valence-electron chi connectivity index (χ1n) is 8.24. The van der Waals surface area contributed by atoms with Gasteiger partial charge in [0.15, 0.2) is 0 Å². The van der Waals surface area contributed by atoms with E-state index in [0.29, 0.717) is 16.2 Å². The highest BCUT2D eigenvalue weighted by atomic mass is 79.9. The van der Waals surface area contributed by atoms with Crippen molar-refractivity contribution in [3.8, 4) is 0 Å².